The van der Waals surface area contributed by atoms with Crippen LogP contribution in [0.25, 0.3) is 0 Å². The van der Waals surface area contributed by atoms with E-state index >= 15 is 0 Å². The highest BCUT2D eigenvalue weighted by molar-refractivity contribution is 7.07. The van der Waals surface area contributed by atoms with Crippen molar-refractivity contribution in [3.05, 3.63) is 16.6 Å². The van der Waals surface area contributed by atoms with Gasteiger partial charge in [-0.05, 0) is 32.1 Å². The molecule has 2 fully saturated rings. The van der Waals surface area contributed by atoms with E-state index in [1.54, 1.807) is 11.3 Å². The van der Waals surface area contributed by atoms with Crippen LogP contribution in [-0.2, 0) is 11.2 Å². The highest BCUT2D eigenvalue weighted by Crippen LogP contribution is 2.29. The number of rotatable bonds is 4. The van der Waals surface area contributed by atoms with E-state index < -0.39 is 0 Å². The molecule has 3 rings (SSSR count). The predicted molar refractivity (Wildman–Crippen MR) is 76.2 cm³/mol. The lowest BCUT2D eigenvalue weighted by atomic mass is 9.98. The lowest BCUT2D eigenvalue weighted by molar-refractivity contribution is -0.132. The first-order valence-corrected chi connectivity index (χ1v) is 8.05. The molecule has 19 heavy (non-hydrogen) atoms. The minimum Gasteiger partial charge on any atom is -0.343 e. The fourth-order valence-electron chi connectivity index (χ4n) is 3.32. The SMILES string of the molecule is CN(C(=O)CCc1cscn1)C1CC2CCC(C1)N2. The molecule has 4 nitrogen and oxygen atoms in total. The second-order valence-corrected chi connectivity index (χ2v) is 6.47. The Morgan fingerprint density at radius 1 is 1.47 bits per heavy atom. The van der Waals surface area contributed by atoms with Crippen molar-refractivity contribution >= 4 is 17.2 Å². The normalized spacial score (nSPS) is 29.4. The van der Waals surface area contributed by atoms with Gasteiger partial charge in [0.15, 0.2) is 0 Å². The average molecular weight is 279 g/mol. The van der Waals surface area contributed by atoms with Gasteiger partial charge in [-0.3, -0.25) is 4.79 Å². The molecule has 2 aliphatic rings. The third-order valence-electron chi connectivity index (χ3n) is 4.47. The van der Waals surface area contributed by atoms with Crippen LogP contribution in [0.3, 0.4) is 0 Å². The third-order valence-corrected chi connectivity index (χ3v) is 5.10. The second-order valence-electron chi connectivity index (χ2n) is 5.75. The number of aromatic nitrogens is 1. The van der Waals surface area contributed by atoms with Crippen LogP contribution in [0.1, 0.15) is 37.8 Å². The molecule has 1 N–H and O–H groups in total. The molecule has 0 spiro atoms. The maximum Gasteiger partial charge on any atom is 0.222 e. The molecular formula is C14H21N3OS. The molecule has 2 saturated heterocycles. The van der Waals surface area contributed by atoms with E-state index in [0.29, 0.717) is 24.5 Å². The first-order chi connectivity index (χ1) is 9.22. The van der Waals surface area contributed by atoms with Gasteiger partial charge in [-0.1, -0.05) is 0 Å². The van der Waals surface area contributed by atoms with Crippen molar-refractivity contribution in [2.24, 2.45) is 0 Å². The Balaban J connectivity index is 1.51. The number of aryl methyl sites for hydroxylation is 1. The second kappa shape index (κ2) is 5.59. The van der Waals surface area contributed by atoms with Gasteiger partial charge < -0.3 is 10.2 Å². The smallest absolute Gasteiger partial charge is 0.222 e. The van der Waals surface area contributed by atoms with E-state index in [-0.39, 0.29) is 5.91 Å². The van der Waals surface area contributed by atoms with Gasteiger partial charge in [-0.2, -0.15) is 0 Å². The summed E-state index contributed by atoms with van der Waals surface area (Å²) < 4.78 is 0. The summed E-state index contributed by atoms with van der Waals surface area (Å²) in [5.74, 6) is 0.263. The van der Waals surface area contributed by atoms with E-state index in [4.69, 9.17) is 0 Å². The number of fused-ring (bicyclic) bond motifs is 2. The number of piperidine rings is 1. The lowest BCUT2D eigenvalue weighted by Crippen LogP contribution is -2.48. The monoisotopic (exact) mass is 279 g/mol. The number of amides is 1. The number of nitrogens with zero attached hydrogens (tertiary/aromatic N) is 2. The largest absolute Gasteiger partial charge is 0.343 e. The Bertz CT molecular complexity index is 422. The van der Waals surface area contributed by atoms with Gasteiger partial charge in [0, 0.05) is 37.0 Å². The Kier molecular flexibility index (Phi) is 3.84. The maximum atomic E-state index is 12.3. The number of hydrogen-bond acceptors (Lipinski definition) is 4. The summed E-state index contributed by atoms with van der Waals surface area (Å²) in [5, 5.41) is 5.65. The highest BCUT2D eigenvalue weighted by atomic mass is 32.1. The molecule has 0 aliphatic carbocycles. The van der Waals surface area contributed by atoms with E-state index in [9.17, 15) is 4.79 Å². The van der Waals surface area contributed by atoms with Gasteiger partial charge in [0.25, 0.3) is 0 Å². The summed E-state index contributed by atoms with van der Waals surface area (Å²) in [4.78, 5) is 18.5. The molecule has 2 bridgehead atoms. The number of carbonyl (C=O) groups is 1. The third kappa shape index (κ3) is 2.98. The van der Waals surface area contributed by atoms with Gasteiger partial charge >= 0.3 is 0 Å². The molecule has 2 atom stereocenters. The van der Waals surface area contributed by atoms with Gasteiger partial charge in [-0.25, -0.2) is 4.98 Å². The van der Waals surface area contributed by atoms with Crippen LogP contribution in [0, 0.1) is 0 Å². The van der Waals surface area contributed by atoms with Crippen molar-refractivity contribution in [2.45, 2.75) is 56.7 Å². The van der Waals surface area contributed by atoms with E-state index in [0.717, 1.165) is 25.0 Å². The van der Waals surface area contributed by atoms with Crippen LogP contribution in [0.5, 0.6) is 0 Å². The minimum absolute atomic E-state index is 0.263. The Hall–Kier alpha value is -0.940. The molecule has 1 amide bonds. The maximum absolute atomic E-state index is 12.3. The molecule has 0 aromatic carbocycles. The standard InChI is InChI=1S/C14H21N3OS/c1-17(13-6-10-2-3-11(7-13)16-10)14(18)5-4-12-8-19-9-15-12/h8-11,13,16H,2-7H2,1H3. The number of thiazole rings is 1. The molecule has 1 aromatic heterocycles. The van der Waals surface area contributed by atoms with Crippen molar-refractivity contribution < 1.29 is 4.79 Å². The lowest BCUT2D eigenvalue weighted by Gasteiger charge is -2.35. The summed E-state index contributed by atoms with van der Waals surface area (Å²) in [6, 6.07) is 1.71. The summed E-state index contributed by atoms with van der Waals surface area (Å²) in [6.45, 7) is 0. The fourth-order valence-corrected chi connectivity index (χ4v) is 3.91. The zero-order valence-corrected chi connectivity index (χ0v) is 12.2. The zero-order chi connectivity index (χ0) is 13.2. The van der Waals surface area contributed by atoms with Gasteiger partial charge in [0.05, 0.1) is 11.2 Å². The van der Waals surface area contributed by atoms with Crippen molar-refractivity contribution in [3.8, 4) is 0 Å². The molecule has 2 unspecified atom stereocenters. The van der Waals surface area contributed by atoms with Crippen molar-refractivity contribution in [3.63, 3.8) is 0 Å². The molecule has 2 aliphatic heterocycles. The Labute approximate surface area is 118 Å². The van der Waals surface area contributed by atoms with Crippen LogP contribution < -0.4 is 5.32 Å². The first kappa shape index (κ1) is 13.1. The van der Waals surface area contributed by atoms with E-state index in [1.807, 2.05) is 22.8 Å². The topological polar surface area (TPSA) is 45.2 Å². The van der Waals surface area contributed by atoms with Crippen LogP contribution >= 0.6 is 11.3 Å². The van der Waals surface area contributed by atoms with Gasteiger partial charge in [0.1, 0.15) is 0 Å². The van der Waals surface area contributed by atoms with E-state index in [2.05, 4.69) is 10.3 Å². The predicted octanol–water partition coefficient (Wildman–Crippen LogP) is 1.82. The Morgan fingerprint density at radius 2 is 2.21 bits per heavy atom. The zero-order valence-electron chi connectivity index (χ0n) is 11.3. The molecule has 0 saturated carbocycles. The van der Waals surface area contributed by atoms with E-state index in [1.165, 1.54) is 12.8 Å². The summed E-state index contributed by atoms with van der Waals surface area (Å²) in [7, 11) is 1.97. The molecule has 1 aromatic rings. The average Bonchev–Trinajstić information content (AvgIpc) is 3.05. The molecule has 5 heteroatoms. The fraction of sp³-hybridized carbons (Fsp3) is 0.714. The molecular weight excluding hydrogens is 258 g/mol. The minimum atomic E-state index is 0.263. The van der Waals surface area contributed by atoms with Crippen LogP contribution in [0.4, 0.5) is 0 Å². The van der Waals surface area contributed by atoms with Crippen molar-refractivity contribution in [2.75, 3.05) is 7.05 Å². The van der Waals surface area contributed by atoms with Crippen LogP contribution in [0.15, 0.2) is 10.9 Å². The summed E-state index contributed by atoms with van der Waals surface area (Å²) >= 11 is 1.59. The Morgan fingerprint density at radius 3 is 2.84 bits per heavy atom. The molecule has 104 valence electrons. The first-order valence-electron chi connectivity index (χ1n) is 7.11. The van der Waals surface area contributed by atoms with Gasteiger partial charge in [-0.15, -0.1) is 11.3 Å². The molecule has 3 heterocycles. The van der Waals surface area contributed by atoms with Crippen molar-refractivity contribution in [1.82, 2.24) is 15.2 Å². The highest BCUT2D eigenvalue weighted by Gasteiger charge is 2.36. The molecule has 0 radical (unpaired) electrons. The number of carbonyl (C=O) groups excluding carboxylic acids is 1. The van der Waals surface area contributed by atoms with Crippen molar-refractivity contribution in [1.29, 1.82) is 0 Å². The van der Waals surface area contributed by atoms with Gasteiger partial charge in [0.2, 0.25) is 5.91 Å². The van der Waals surface area contributed by atoms with Crippen LogP contribution in [-0.4, -0.2) is 41.0 Å². The quantitative estimate of drug-likeness (QED) is 0.914. The number of nitrogens with one attached hydrogen (secondary N) is 1. The number of hydrogen-bond donors (Lipinski definition) is 1. The summed E-state index contributed by atoms with van der Waals surface area (Å²) in [6.07, 6.45) is 6.15. The summed E-state index contributed by atoms with van der Waals surface area (Å²) in [5.41, 5.74) is 2.87. The van der Waals surface area contributed by atoms with Crippen LogP contribution in [0.2, 0.25) is 0 Å².